The number of aromatic nitrogens is 2. The van der Waals surface area contributed by atoms with Crippen molar-refractivity contribution in [1.82, 2.24) is 9.55 Å². The van der Waals surface area contributed by atoms with Crippen LogP contribution in [0.15, 0.2) is 41.5 Å². The van der Waals surface area contributed by atoms with Crippen molar-refractivity contribution in [2.24, 2.45) is 0 Å². The van der Waals surface area contributed by atoms with Crippen molar-refractivity contribution in [2.75, 3.05) is 5.32 Å². The number of hydrogen-bond acceptors (Lipinski definition) is 5. The highest BCUT2D eigenvalue weighted by Crippen LogP contribution is 2.27. The van der Waals surface area contributed by atoms with Gasteiger partial charge in [0, 0.05) is 5.69 Å². The van der Waals surface area contributed by atoms with Crippen molar-refractivity contribution in [3.05, 3.63) is 57.5 Å². The second-order valence-corrected chi connectivity index (χ2v) is 5.89. The van der Waals surface area contributed by atoms with E-state index in [1.54, 1.807) is 19.1 Å². The van der Waals surface area contributed by atoms with Gasteiger partial charge in [-0.3, -0.25) is 14.2 Å². The Hall–Kier alpha value is -2.98. The average Bonchev–Trinajstić information content (AvgIpc) is 2.89. The number of nitrogens with zero attached hydrogens (tertiary/aromatic N) is 3. The van der Waals surface area contributed by atoms with E-state index in [9.17, 15) is 9.59 Å². The lowest BCUT2D eigenvalue weighted by Gasteiger charge is -2.03. The molecule has 0 aliphatic heterocycles. The molecule has 2 aromatic heterocycles. The Morgan fingerprint density at radius 3 is 2.83 bits per heavy atom. The fourth-order valence-corrected chi connectivity index (χ4v) is 3.31. The molecule has 7 heteroatoms. The van der Waals surface area contributed by atoms with Crippen LogP contribution in [0.3, 0.4) is 0 Å². The Balaban J connectivity index is 2.04. The number of rotatable bonds is 3. The molecule has 114 valence electrons. The van der Waals surface area contributed by atoms with Crippen LogP contribution in [0.1, 0.15) is 15.2 Å². The van der Waals surface area contributed by atoms with E-state index < -0.39 is 0 Å². The van der Waals surface area contributed by atoms with E-state index >= 15 is 0 Å². The number of amides is 1. The van der Waals surface area contributed by atoms with Crippen molar-refractivity contribution < 1.29 is 4.79 Å². The maximum atomic E-state index is 12.4. The number of carbonyl (C=O) groups is 1. The molecule has 0 unspecified atom stereocenters. The Morgan fingerprint density at radius 1 is 1.39 bits per heavy atom. The van der Waals surface area contributed by atoms with Gasteiger partial charge in [0.2, 0.25) is 0 Å². The van der Waals surface area contributed by atoms with Gasteiger partial charge in [0.15, 0.2) is 0 Å². The second kappa shape index (κ2) is 6.02. The number of benzene rings is 1. The minimum Gasteiger partial charge on any atom is -0.321 e. The summed E-state index contributed by atoms with van der Waals surface area (Å²) >= 11 is 1.17. The van der Waals surface area contributed by atoms with E-state index in [1.807, 2.05) is 24.3 Å². The predicted octanol–water partition coefficient (Wildman–Crippen LogP) is 2.54. The molecule has 0 atom stereocenters. The van der Waals surface area contributed by atoms with Gasteiger partial charge in [-0.25, -0.2) is 4.98 Å². The number of para-hydroxylation sites is 1. The minimum atomic E-state index is -0.302. The van der Waals surface area contributed by atoms with E-state index in [1.165, 1.54) is 22.2 Å². The summed E-state index contributed by atoms with van der Waals surface area (Å²) in [7, 11) is 0. The molecule has 0 saturated heterocycles. The molecule has 0 aliphatic carbocycles. The van der Waals surface area contributed by atoms with E-state index in [-0.39, 0.29) is 18.0 Å². The maximum absolute atomic E-state index is 12.4. The molecule has 23 heavy (non-hydrogen) atoms. The molecule has 3 aromatic rings. The molecular weight excluding hydrogens is 312 g/mol. The molecule has 0 fully saturated rings. The smallest absolute Gasteiger partial charge is 0.266 e. The summed E-state index contributed by atoms with van der Waals surface area (Å²) in [6.45, 7) is 1.65. The Labute approximate surface area is 135 Å². The van der Waals surface area contributed by atoms with Gasteiger partial charge in [-0.2, -0.15) is 5.26 Å². The third kappa shape index (κ3) is 2.72. The molecule has 0 saturated carbocycles. The number of carbonyl (C=O) groups excluding carboxylic acids is 1. The topological polar surface area (TPSA) is 87.8 Å². The Kier molecular flexibility index (Phi) is 3.91. The first kappa shape index (κ1) is 14.9. The number of nitriles is 1. The Morgan fingerprint density at radius 2 is 2.13 bits per heavy atom. The molecule has 0 spiro atoms. The normalized spacial score (nSPS) is 10.4. The summed E-state index contributed by atoms with van der Waals surface area (Å²) in [6.07, 6.45) is 1.34. The predicted molar refractivity (Wildman–Crippen MR) is 88.6 cm³/mol. The summed E-state index contributed by atoms with van der Waals surface area (Å²) in [5.41, 5.74) is 0.969. The summed E-state index contributed by atoms with van der Waals surface area (Å²) in [4.78, 5) is 29.9. The largest absolute Gasteiger partial charge is 0.321 e. The van der Waals surface area contributed by atoms with Crippen LogP contribution < -0.4 is 10.9 Å². The SMILES string of the molecule is Cc1c(C(=O)Nc2ccccc2)sc2ncn(CC#N)c(=O)c12. The lowest BCUT2D eigenvalue weighted by atomic mass is 10.2. The first-order chi connectivity index (χ1) is 11.1. The van der Waals surface area contributed by atoms with Crippen LogP contribution in [-0.4, -0.2) is 15.5 Å². The standard InChI is InChI=1S/C16H12N4O2S/c1-10-12-15(18-9-20(8-7-17)16(12)22)23-13(10)14(21)19-11-5-3-2-4-6-11/h2-6,9H,8H2,1H3,(H,19,21). The molecule has 0 radical (unpaired) electrons. The highest BCUT2D eigenvalue weighted by Gasteiger charge is 2.19. The van der Waals surface area contributed by atoms with E-state index in [4.69, 9.17) is 5.26 Å². The van der Waals surface area contributed by atoms with Gasteiger partial charge < -0.3 is 5.32 Å². The molecule has 2 heterocycles. The number of fused-ring (bicyclic) bond motifs is 1. The molecule has 1 aromatic carbocycles. The molecule has 1 N–H and O–H groups in total. The molecule has 1 amide bonds. The lowest BCUT2D eigenvalue weighted by molar-refractivity contribution is 0.103. The zero-order valence-corrected chi connectivity index (χ0v) is 13.1. The Bertz CT molecular complexity index is 983. The van der Waals surface area contributed by atoms with Crippen LogP contribution in [-0.2, 0) is 6.54 Å². The van der Waals surface area contributed by atoms with Crippen LogP contribution in [0.5, 0.6) is 0 Å². The van der Waals surface area contributed by atoms with Crippen molar-refractivity contribution in [3.63, 3.8) is 0 Å². The van der Waals surface area contributed by atoms with Crippen LogP contribution in [0, 0.1) is 18.3 Å². The van der Waals surface area contributed by atoms with Crippen LogP contribution in [0.25, 0.3) is 10.2 Å². The third-order valence-electron chi connectivity index (χ3n) is 3.40. The first-order valence-electron chi connectivity index (χ1n) is 6.83. The first-order valence-corrected chi connectivity index (χ1v) is 7.65. The quantitative estimate of drug-likeness (QED) is 0.802. The van der Waals surface area contributed by atoms with Crippen molar-refractivity contribution in [2.45, 2.75) is 13.5 Å². The summed E-state index contributed by atoms with van der Waals surface area (Å²) in [6, 6.07) is 11.0. The molecule has 3 rings (SSSR count). The van der Waals surface area contributed by atoms with Gasteiger partial charge in [-0.1, -0.05) is 18.2 Å². The van der Waals surface area contributed by atoms with Gasteiger partial charge in [0.25, 0.3) is 11.5 Å². The van der Waals surface area contributed by atoms with E-state index in [0.717, 1.165) is 0 Å². The van der Waals surface area contributed by atoms with Gasteiger partial charge in [0.1, 0.15) is 17.7 Å². The fraction of sp³-hybridized carbons (Fsp3) is 0.125. The summed E-state index contributed by atoms with van der Waals surface area (Å²) < 4.78 is 1.24. The third-order valence-corrected chi connectivity index (χ3v) is 4.59. The van der Waals surface area contributed by atoms with Crippen molar-refractivity contribution in [3.8, 4) is 6.07 Å². The molecule has 0 aliphatic rings. The second-order valence-electron chi connectivity index (χ2n) is 4.89. The minimum absolute atomic E-state index is 0.0669. The zero-order chi connectivity index (χ0) is 16.4. The average molecular weight is 324 g/mol. The van der Waals surface area contributed by atoms with Gasteiger partial charge in [0.05, 0.1) is 16.3 Å². The lowest BCUT2D eigenvalue weighted by Crippen LogP contribution is -2.20. The summed E-state index contributed by atoms with van der Waals surface area (Å²) in [5, 5.41) is 11.9. The fourth-order valence-electron chi connectivity index (χ4n) is 2.27. The number of hydrogen-bond donors (Lipinski definition) is 1. The number of anilines is 1. The van der Waals surface area contributed by atoms with E-state index in [2.05, 4.69) is 10.3 Å². The number of nitrogens with one attached hydrogen (secondary N) is 1. The molecular formula is C16H12N4O2S. The van der Waals surface area contributed by atoms with Gasteiger partial charge in [-0.05, 0) is 24.6 Å². The van der Waals surface area contributed by atoms with Crippen LogP contribution >= 0.6 is 11.3 Å². The van der Waals surface area contributed by atoms with Gasteiger partial charge >= 0.3 is 0 Å². The van der Waals surface area contributed by atoms with Crippen LogP contribution in [0.2, 0.25) is 0 Å². The van der Waals surface area contributed by atoms with Crippen molar-refractivity contribution >= 4 is 33.1 Å². The highest BCUT2D eigenvalue weighted by molar-refractivity contribution is 7.20. The van der Waals surface area contributed by atoms with Crippen molar-refractivity contribution in [1.29, 1.82) is 5.26 Å². The monoisotopic (exact) mass is 324 g/mol. The van der Waals surface area contributed by atoms with Gasteiger partial charge in [-0.15, -0.1) is 11.3 Å². The van der Waals surface area contributed by atoms with Crippen LogP contribution in [0.4, 0.5) is 5.69 Å². The van der Waals surface area contributed by atoms with E-state index in [0.29, 0.717) is 26.3 Å². The zero-order valence-electron chi connectivity index (χ0n) is 12.2. The number of aryl methyl sites for hydroxylation is 1. The molecule has 0 bridgehead atoms. The summed E-state index contributed by atoms with van der Waals surface area (Å²) in [5.74, 6) is -0.275. The molecule has 6 nitrogen and oxygen atoms in total. The maximum Gasteiger partial charge on any atom is 0.266 e. The highest BCUT2D eigenvalue weighted by atomic mass is 32.1. The number of thiophene rings is 1.